The summed E-state index contributed by atoms with van der Waals surface area (Å²) >= 11 is 1.77. The molecule has 2 atom stereocenters. The highest BCUT2D eigenvalue weighted by Gasteiger charge is 2.39. The Balaban J connectivity index is 1.77. The summed E-state index contributed by atoms with van der Waals surface area (Å²) in [5.74, 6) is 2.84. The van der Waals surface area contributed by atoms with Gasteiger partial charge in [0.15, 0.2) is 0 Å². The molecule has 4 rings (SSSR count). The van der Waals surface area contributed by atoms with E-state index in [2.05, 4.69) is 30.1 Å². The highest BCUT2D eigenvalue weighted by Crippen LogP contribution is 2.42. The molecule has 5 heteroatoms. The van der Waals surface area contributed by atoms with E-state index in [0.29, 0.717) is 6.04 Å². The monoisotopic (exact) mass is 302 g/mol. The van der Waals surface area contributed by atoms with E-state index in [-0.39, 0.29) is 0 Å². The van der Waals surface area contributed by atoms with Crippen molar-refractivity contribution in [2.75, 3.05) is 23.3 Å². The second-order valence-electron chi connectivity index (χ2n) is 6.36. The summed E-state index contributed by atoms with van der Waals surface area (Å²) < 4.78 is 0. The van der Waals surface area contributed by atoms with Crippen molar-refractivity contribution in [1.82, 2.24) is 9.97 Å². The number of rotatable bonds is 4. The van der Waals surface area contributed by atoms with Gasteiger partial charge < -0.3 is 10.2 Å². The van der Waals surface area contributed by atoms with Crippen LogP contribution in [0, 0.1) is 12.8 Å². The fourth-order valence-electron chi connectivity index (χ4n) is 3.75. The van der Waals surface area contributed by atoms with Crippen molar-refractivity contribution in [3.05, 3.63) is 10.9 Å². The van der Waals surface area contributed by atoms with Gasteiger partial charge in [0.1, 0.15) is 10.6 Å². The summed E-state index contributed by atoms with van der Waals surface area (Å²) in [7, 11) is 0. The molecule has 1 N–H and O–H groups in total. The number of piperidine rings is 1. The molecular weight excluding hydrogens is 280 g/mol. The van der Waals surface area contributed by atoms with Crippen molar-refractivity contribution in [3.8, 4) is 0 Å². The molecule has 0 amide bonds. The lowest BCUT2D eigenvalue weighted by molar-refractivity contribution is 0.551. The molecule has 0 radical (unpaired) electrons. The lowest BCUT2D eigenvalue weighted by atomic mass is 10.1. The standard InChI is InChI=1S/C16H22N4S/c1-3-6-17-16-18-14(13-7-10(2)21-15(13)19-16)20-9-11-4-5-12(20)8-11/h7,11-12H,3-6,8-9H2,1-2H3,(H,17,18,19). The van der Waals surface area contributed by atoms with Gasteiger partial charge in [0.25, 0.3) is 0 Å². The van der Waals surface area contributed by atoms with E-state index in [9.17, 15) is 0 Å². The van der Waals surface area contributed by atoms with Crippen LogP contribution in [0.5, 0.6) is 0 Å². The van der Waals surface area contributed by atoms with E-state index in [1.54, 1.807) is 11.3 Å². The molecule has 2 aromatic heterocycles. The molecule has 0 aromatic carbocycles. The fraction of sp³-hybridized carbons (Fsp3) is 0.625. The minimum absolute atomic E-state index is 0.701. The topological polar surface area (TPSA) is 41.1 Å². The molecule has 2 bridgehead atoms. The van der Waals surface area contributed by atoms with Crippen LogP contribution >= 0.6 is 11.3 Å². The smallest absolute Gasteiger partial charge is 0.226 e. The maximum absolute atomic E-state index is 4.86. The Morgan fingerprint density at radius 3 is 3.00 bits per heavy atom. The minimum Gasteiger partial charge on any atom is -0.354 e. The van der Waals surface area contributed by atoms with Gasteiger partial charge >= 0.3 is 0 Å². The first-order valence-corrected chi connectivity index (χ1v) is 8.85. The third kappa shape index (κ3) is 2.27. The number of fused-ring (bicyclic) bond motifs is 3. The molecule has 2 fully saturated rings. The Hall–Kier alpha value is -1.36. The van der Waals surface area contributed by atoms with Crippen molar-refractivity contribution in [3.63, 3.8) is 0 Å². The Morgan fingerprint density at radius 2 is 2.29 bits per heavy atom. The van der Waals surface area contributed by atoms with Crippen molar-refractivity contribution >= 4 is 33.3 Å². The number of hydrogen-bond acceptors (Lipinski definition) is 5. The van der Waals surface area contributed by atoms with Crippen molar-refractivity contribution in [2.24, 2.45) is 5.92 Å². The number of nitrogens with zero attached hydrogens (tertiary/aromatic N) is 3. The van der Waals surface area contributed by atoms with Crippen LogP contribution in [-0.4, -0.2) is 29.1 Å². The van der Waals surface area contributed by atoms with Crippen molar-refractivity contribution in [1.29, 1.82) is 0 Å². The zero-order valence-corrected chi connectivity index (χ0v) is 13.5. The quantitative estimate of drug-likeness (QED) is 0.932. The zero-order chi connectivity index (χ0) is 14.4. The van der Waals surface area contributed by atoms with Gasteiger partial charge in [-0.1, -0.05) is 6.92 Å². The molecule has 112 valence electrons. The zero-order valence-electron chi connectivity index (χ0n) is 12.7. The van der Waals surface area contributed by atoms with E-state index >= 15 is 0 Å². The first kappa shape index (κ1) is 13.3. The molecule has 1 saturated heterocycles. The highest BCUT2D eigenvalue weighted by atomic mass is 32.1. The molecule has 2 aromatic rings. The van der Waals surface area contributed by atoms with Gasteiger partial charge in [-0.3, -0.25) is 0 Å². The highest BCUT2D eigenvalue weighted by molar-refractivity contribution is 7.18. The average molecular weight is 302 g/mol. The summed E-state index contributed by atoms with van der Waals surface area (Å²) in [6.07, 6.45) is 5.18. The third-order valence-electron chi connectivity index (χ3n) is 4.71. The minimum atomic E-state index is 0.701. The lowest BCUT2D eigenvalue weighted by Crippen LogP contribution is -2.32. The van der Waals surface area contributed by atoms with Gasteiger partial charge in [-0.15, -0.1) is 11.3 Å². The molecule has 1 aliphatic heterocycles. The van der Waals surface area contributed by atoms with Crippen LogP contribution in [0.15, 0.2) is 6.07 Å². The van der Waals surface area contributed by atoms with E-state index in [0.717, 1.165) is 35.5 Å². The second kappa shape index (κ2) is 5.13. The summed E-state index contributed by atoms with van der Waals surface area (Å²) in [5.41, 5.74) is 0. The maximum Gasteiger partial charge on any atom is 0.226 e. The predicted molar refractivity (Wildman–Crippen MR) is 89.4 cm³/mol. The largest absolute Gasteiger partial charge is 0.354 e. The number of nitrogens with one attached hydrogen (secondary N) is 1. The summed E-state index contributed by atoms with van der Waals surface area (Å²) in [6, 6.07) is 2.96. The predicted octanol–water partition coefficient (Wildman–Crippen LogP) is 3.81. The Morgan fingerprint density at radius 1 is 1.38 bits per heavy atom. The molecule has 2 unspecified atom stereocenters. The van der Waals surface area contributed by atoms with Gasteiger partial charge in [0, 0.05) is 24.0 Å². The average Bonchev–Trinajstić information content (AvgIpc) is 3.17. The summed E-state index contributed by atoms with van der Waals surface area (Å²) in [5, 5.41) is 4.60. The molecule has 2 aliphatic rings. The lowest BCUT2D eigenvalue weighted by Gasteiger charge is -2.28. The molecule has 21 heavy (non-hydrogen) atoms. The van der Waals surface area contributed by atoms with Gasteiger partial charge in [-0.05, 0) is 44.6 Å². The van der Waals surface area contributed by atoms with Crippen LogP contribution in [0.2, 0.25) is 0 Å². The molecule has 3 heterocycles. The third-order valence-corrected chi connectivity index (χ3v) is 5.65. The summed E-state index contributed by atoms with van der Waals surface area (Å²) in [6.45, 7) is 6.44. The normalized spacial score (nSPS) is 24.2. The van der Waals surface area contributed by atoms with E-state index in [1.165, 1.54) is 36.1 Å². The SMILES string of the molecule is CCCNc1nc(N2CC3CCC2C3)c2cc(C)sc2n1. The molecular formula is C16H22N4S. The van der Waals surface area contributed by atoms with E-state index in [1.807, 2.05) is 0 Å². The number of aryl methyl sites for hydroxylation is 1. The van der Waals surface area contributed by atoms with Crippen LogP contribution in [0.3, 0.4) is 0 Å². The first-order valence-electron chi connectivity index (χ1n) is 8.03. The molecule has 1 aliphatic carbocycles. The Labute approximate surface area is 129 Å². The number of hydrogen-bond donors (Lipinski definition) is 1. The van der Waals surface area contributed by atoms with Crippen molar-refractivity contribution in [2.45, 2.75) is 45.6 Å². The van der Waals surface area contributed by atoms with Crippen LogP contribution in [0.25, 0.3) is 10.2 Å². The number of thiophene rings is 1. The van der Waals surface area contributed by atoms with Gasteiger partial charge in [-0.25, -0.2) is 4.98 Å². The Kier molecular flexibility index (Phi) is 3.25. The fourth-order valence-corrected chi connectivity index (χ4v) is 4.62. The van der Waals surface area contributed by atoms with Crippen LogP contribution < -0.4 is 10.2 Å². The van der Waals surface area contributed by atoms with Crippen LogP contribution in [-0.2, 0) is 0 Å². The number of aromatic nitrogens is 2. The molecule has 1 saturated carbocycles. The van der Waals surface area contributed by atoms with Gasteiger partial charge in [0.05, 0.1) is 5.39 Å². The maximum atomic E-state index is 4.86. The van der Waals surface area contributed by atoms with Gasteiger partial charge in [-0.2, -0.15) is 4.98 Å². The molecule has 0 spiro atoms. The van der Waals surface area contributed by atoms with Crippen LogP contribution in [0.4, 0.5) is 11.8 Å². The van der Waals surface area contributed by atoms with Crippen LogP contribution in [0.1, 0.15) is 37.5 Å². The van der Waals surface area contributed by atoms with Gasteiger partial charge in [0.2, 0.25) is 5.95 Å². The first-order chi connectivity index (χ1) is 10.2. The van der Waals surface area contributed by atoms with Crippen molar-refractivity contribution < 1.29 is 0 Å². The van der Waals surface area contributed by atoms with E-state index in [4.69, 9.17) is 9.97 Å². The van der Waals surface area contributed by atoms with E-state index < -0.39 is 0 Å². The summed E-state index contributed by atoms with van der Waals surface area (Å²) in [4.78, 5) is 14.5. The Bertz CT molecular complexity index is 666. The number of anilines is 2. The second-order valence-corrected chi connectivity index (χ2v) is 7.59. The molecule has 4 nitrogen and oxygen atoms in total.